The molecular weight excluding hydrogens is 464 g/mol. The van der Waals surface area contributed by atoms with Crippen LogP contribution in [0.25, 0.3) is 0 Å². The quantitative estimate of drug-likeness (QED) is 0.527. The first-order valence-electron chi connectivity index (χ1n) is 11.7. The van der Waals surface area contributed by atoms with Gasteiger partial charge in [0.1, 0.15) is 18.3 Å². The van der Waals surface area contributed by atoms with Crippen LogP contribution in [0.2, 0.25) is 0 Å². The molecule has 1 atom stereocenters. The van der Waals surface area contributed by atoms with Crippen LogP contribution in [0.15, 0.2) is 66.0 Å². The first-order valence-corrected chi connectivity index (χ1v) is 12.6. The van der Waals surface area contributed by atoms with Gasteiger partial charge < -0.3 is 10.1 Å². The van der Waals surface area contributed by atoms with E-state index in [1.165, 1.54) is 21.1 Å². The van der Waals surface area contributed by atoms with Crippen molar-refractivity contribution in [3.8, 4) is 0 Å². The maximum Gasteiger partial charge on any atom is 0.410 e. The second-order valence-corrected chi connectivity index (χ2v) is 9.50. The lowest BCUT2D eigenvalue weighted by Crippen LogP contribution is -2.46. The number of para-hydroxylation sites is 1. The van der Waals surface area contributed by atoms with Gasteiger partial charge in [-0.2, -0.15) is 0 Å². The number of hydrogen-bond donors (Lipinski definition) is 1. The number of carbonyl (C=O) groups excluding carboxylic acids is 3. The van der Waals surface area contributed by atoms with Crippen LogP contribution in [0.3, 0.4) is 0 Å². The van der Waals surface area contributed by atoms with E-state index in [2.05, 4.69) is 10.3 Å². The molecule has 9 heteroatoms. The maximum atomic E-state index is 13.8. The molecule has 1 saturated carbocycles. The van der Waals surface area contributed by atoms with Crippen molar-refractivity contribution in [1.82, 2.24) is 15.2 Å². The molecule has 3 aromatic rings. The van der Waals surface area contributed by atoms with E-state index in [0.717, 1.165) is 18.4 Å². The molecule has 2 heterocycles. The highest BCUT2D eigenvalue weighted by Gasteiger charge is 2.39. The molecule has 5 rings (SSSR count). The first kappa shape index (κ1) is 23.0. The van der Waals surface area contributed by atoms with Crippen LogP contribution in [0, 0.1) is 0 Å². The number of amides is 3. The zero-order valence-electron chi connectivity index (χ0n) is 19.1. The minimum Gasteiger partial charge on any atom is -0.445 e. The SMILES string of the molecule is O=C(NC1CC1)c1csc(N(C(=O)C2CCCN2C(=O)OCc2ccccc2)c2ccccc2)n1. The van der Waals surface area contributed by atoms with Gasteiger partial charge in [-0.25, -0.2) is 9.78 Å². The van der Waals surface area contributed by atoms with Gasteiger partial charge in [0.15, 0.2) is 5.13 Å². The normalized spacial score (nSPS) is 17.1. The standard InChI is InChI=1S/C26H26N4O4S/c31-23(27-19-13-14-19)21-17-35-25(28-21)30(20-10-5-2-6-11-20)24(32)22-12-7-15-29(22)26(33)34-16-18-8-3-1-4-9-18/h1-6,8-11,17,19,22H,7,12-16H2,(H,27,31). The fourth-order valence-corrected chi connectivity index (χ4v) is 4.89. The summed E-state index contributed by atoms with van der Waals surface area (Å²) in [6.07, 6.45) is 2.68. The van der Waals surface area contributed by atoms with E-state index in [-0.39, 0.29) is 30.2 Å². The van der Waals surface area contributed by atoms with Gasteiger partial charge in [-0.1, -0.05) is 48.5 Å². The van der Waals surface area contributed by atoms with Crippen molar-refractivity contribution < 1.29 is 19.1 Å². The topological polar surface area (TPSA) is 91.8 Å². The van der Waals surface area contributed by atoms with Crippen LogP contribution < -0.4 is 10.2 Å². The summed E-state index contributed by atoms with van der Waals surface area (Å²) in [5.74, 6) is -0.503. The number of likely N-dealkylation sites (tertiary alicyclic amines) is 1. The van der Waals surface area contributed by atoms with Crippen molar-refractivity contribution in [2.45, 2.75) is 44.4 Å². The van der Waals surface area contributed by atoms with Crippen LogP contribution in [-0.4, -0.2) is 46.4 Å². The highest BCUT2D eigenvalue weighted by Crippen LogP contribution is 2.32. The Kier molecular flexibility index (Phi) is 6.76. The van der Waals surface area contributed by atoms with Gasteiger partial charge in [-0.3, -0.25) is 19.4 Å². The summed E-state index contributed by atoms with van der Waals surface area (Å²) in [4.78, 5) is 46.7. The number of nitrogens with zero attached hydrogens (tertiary/aromatic N) is 3. The largest absolute Gasteiger partial charge is 0.445 e. The molecule has 1 saturated heterocycles. The lowest BCUT2D eigenvalue weighted by molar-refractivity contribution is -0.121. The molecule has 2 aliphatic rings. The molecule has 0 bridgehead atoms. The minimum absolute atomic E-state index is 0.144. The van der Waals surface area contributed by atoms with Crippen LogP contribution in [0.4, 0.5) is 15.6 Å². The molecule has 1 aromatic heterocycles. The molecule has 3 amide bonds. The van der Waals surface area contributed by atoms with E-state index in [4.69, 9.17) is 4.74 Å². The van der Waals surface area contributed by atoms with Crippen LogP contribution in [-0.2, 0) is 16.1 Å². The Hall–Kier alpha value is -3.72. The molecule has 2 fully saturated rings. The number of ether oxygens (including phenoxy) is 1. The van der Waals surface area contributed by atoms with Crippen molar-refractivity contribution in [2.24, 2.45) is 0 Å². The molecule has 1 aliphatic carbocycles. The Morgan fingerprint density at radius 1 is 1.03 bits per heavy atom. The molecule has 1 unspecified atom stereocenters. The summed E-state index contributed by atoms with van der Waals surface area (Å²) in [5, 5.41) is 4.99. The molecule has 1 N–H and O–H groups in total. The van der Waals surface area contributed by atoms with Gasteiger partial charge in [0, 0.05) is 18.0 Å². The number of carbonyl (C=O) groups is 3. The van der Waals surface area contributed by atoms with Gasteiger partial charge in [0.05, 0.1) is 5.69 Å². The van der Waals surface area contributed by atoms with Crippen molar-refractivity contribution in [1.29, 1.82) is 0 Å². The number of benzene rings is 2. The van der Waals surface area contributed by atoms with Gasteiger partial charge in [0.25, 0.3) is 11.8 Å². The molecule has 8 nitrogen and oxygen atoms in total. The number of rotatable bonds is 7. The molecular formula is C26H26N4O4S. The Morgan fingerprint density at radius 2 is 1.74 bits per heavy atom. The number of aromatic nitrogens is 1. The number of anilines is 2. The van der Waals surface area contributed by atoms with E-state index >= 15 is 0 Å². The smallest absolute Gasteiger partial charge is 0.410 e. The van der Waals surface area contributed by atoms with Gasteiger partial charge in [-0.15, -0.1) is 11.3 Å². The third-order valence-corrected chi connectivity index (χ3v) is 6.87. The molecule has 180 valence electrons. The zero-order chi connectivity index (χ0) is 24.2. The molecule has 1 aliphatic heterocycles. The van der Waals surface area contributed by atoms with Crippen molar-refractivity contribution >= 4 is 40.1 Å². The summed E-state index contributed by atoms with van der Waals surface area (Å²) >= 11 is 1.23. The lowest BCUT2D eigenvalue weighted by atomic mass is 10.2. The Morgan fingerprint density at radius 3 is 2.46 bits per heavy atom. The summed E-state index contributed by atoms with van der Waals surface area (Å²) in [6, 6.07) is 18.2. The van der Waals surface area contributed by atoms with Crippen molar-refractivity contribution in [3.63, 3.8) is 0 Å². The average molecular weight is 491 g/mol. The fraction of sp³-hybridized carbons (Fsp3) is 0.308. The van der Waals surface area contributed by atoms with E-state index in [1.807, 2.05) is 60.7 Å². The summed E-state index contributed by atoms with van der Waals surface area (Å²) in [5.41, 5.74) is 1.80. The van der Waals surface area contributed by atoms with Gasteiger partial charge >= 0.3 is 6.09 Å². The second kappa shape index (κ2) is 10.3. The molecule has 35 heavy (non-hydrogen) atoms. The third-order valence-electron chi connectivity index (χ3n) is 6.04. The number of thiazole rings is 1. The van der Waals surface area contributed by atoms with E-state index < -0.39 is 12.1 Å². The maximum absolute atomic E-state index is 13.8. The van der Waals surface area contributed by atoms with E-state index in [9.17, 15) is 14.4 Å². The number of hydrogen-bond acceptors (Lipinski definition) is 6. The summed E-state index contributed by atoms with van der Waals surface area (Å²) in [7, 11) is 0. The van der Waals surface area contributed by atoms with Crippen LogP contribution >= 0.6 is 11.3 Å². The first-order chi connectivity index (χ1) is 17.1. The predicted molar refractivity (Wildman–Crippen MR) is 133 cm³/mol. The minimum atomic E-state index is -0.675. The Balaban J connectivity index is 1.35. The van der Waals surface area contributed by atoms with Gasteiger partial charge in [-0.05, 0) is 43.4 Å². The second-order valence-electron chi connectivity index (χ2n) is 8.66. The average Bonchev–Trinajstić information content (AvgIpc) is 3.34. The number of nitrogens with one attached hydrogen (secondary N) is 1. The highest BCUT2D eigenvalue weighted by atomic mass is 32.1. The monoisotopic (exact) mass is 490 g/mol. The van der Waals surface area contributed by atoms with E-state index in [1.54, 1.807) is 5.38 Å². The highest BCUT2D eigenvalue weighted by molar-refractivity contribution is 7.14. The molecule has 0 radical (unpaired) electrons. The predicted octanol–water partition coefficient (Wildman–Crippen LogP) is 4.50. The van der Waals surface area contributed by atoms with Crippen molar-refractivity contribution in [3.05, 3.63) is 77.3 Å². The van der Waals surface area contributed by atoms with E-state index in [0.29, 0.717) is 30.2 Å². The van der Waals surface area contributed by atoms with Crippen LogP contribution in [0.1, 0.15) is 41.7 Å². The van der Waals surface area contributed by atoms with Crippen molar-refractivity contribution in [2.75, 3.05) is 11.4 Å². The zero-order valence-corrected chi connectivity index (χ0v) is 19.9. The Labute approximate surface area is 207 Å². The Bertz CT molecular complexity index is 1200. The summed E-state index contributed by atoms with van der Waals surface area (Å²) in [6.45, 7) is 0.588. The molecule has 2 aromatic carbocycles. The fourth-order valence-electron chi connectivity index (χ4n) is 4.06. The molecule has 0 spiro atoms. The van der Waals surface area contributed by atoms with Crippen LogP contribution in [0.5, 0.6) is 0 Å². The lowest BCUT2D eigenvalue weighted by Gasteiger charge is -2.28. The van der Waals surface area contributed by atoms with Gasteiger partial charge in [0.2, 0.25) is 0 Å². The third kappa shape index (κ3) is 5.35. The summed E-state index contributed by atoms with van der Waals surface area (Å²) < 4.78 is 5.51.